The first-order valence-corrected chi connectivity index (χ1v) is 9.51. The van der Waals surface area contributed by atoms with Gasteiger partial charge in [0.15, 0.2) is 0 Å². The fraction of sp³-hybridized carbons (Fsp3) is 0.571. The van der Waals surface area contributed by atoms with E-state index in [1.165, 1.54) is 25.7 Å². The van der Waals surface area contributed by atoms with Crippen LogP contribution in [0.25, 0.3) is 10.9 Å². The molecule has 2 aromatic rings. The molecule has 2 saturated carbocycles. The van der Waals surface area contributed by atoms with Crippen molar-refractivity contribution in [2.24, 2.45) is 12.5 Å². The van der Waals surface area contributed by atoms with Gasteiger partial charge in [-0.15, -0.1) is 0 Å². The van der Waals surface area contributed by atoms with Gasteiger partial charge in [0.05, 0.1) is 6.10 Å². The Bertz CT molecular complexity index is 788. The van der Waals surface area contributed by atoms with Gasteiger partial charge in [-0.25, -0.2) is 0 Å². The third-order valence-electron chi connectivity index (χ3n) is 6.59. The summed E-state index contributed by atoms with van der Waals surface area (Å²) in [6, 6.07) is 8.36. The van der Waals surface area contributed by atoms with Crippen molar-refractivity contribution in [2.75, 3.05) is 13.7 Å². The minimum Gasteiger partial charge on any atom is -0.378 e. The molecule has 4 heteroatoms. The van der Waals surface area contributed by atoms with Gasteiger partial charge in [0.25, 0.3) is 5.91 Å². The molecular formula is C21H28N2O2. The van der Waals surface area contributed by atoms with Crippen molar-refractivity contribution < 1.29 is 9.53 Å². The first kappa shape index (κ1) is 16.6. The molecular weight excluding hydrogens is 312 g/mol. The van der Waals surface area contributed by atoms with Gasteiger partial charge in [-0.1, -0.05) is 18.9 Å². The SMILES string of the molecule is CCO[C@H]1C[C@@H](N(C)C(=O)c2cccc3c2ccn3C)C12CCCC2. The number of nitrogens with zero attached hydrogens (tertiary/aromatic N) is 2. The average Bonchev–Trinajstić information content (AvgIpc) is 3.26. The molecule has 2 atom stereocenters. The molecule has 2 aliphatic rings. The fourth-order valence-corrected chi connectivity index (χ4v) is 5.21. The maximum atomic E-state index is 13.3. The molecule has 0 aliphatic heterocycles. The van der Waals surface area contributed by atoms with Crippen LogP contribution >= 0.6 is 0 Å². The number of hydrogen-bond acceptors (Lipinski definition) is 2. The van der Waals surface area contributed by atoms with Crippen LogP contribution in [0.2, 0.25) is 0 Å². The Labute approximate surface area is 149 Å². The van der Waals surface area contributed by atoms with Crippen LogP contribution in [0.15, 0.2) is 30.5 Å². The van der Waals surface area contributed by atoms with E-state index in [1.54, 1.807) is 0 Å². The Morgan fingerprint density at radius 2 is 2.08 bits per heavy atom. The van der Waals surface area contributed by atoms with Crippen LogP contribution in [0.3, 0.4) is 0 Å². The molecule has 0 saturated heterocycles. The number of aryl methyl sites for hydroxylation is 1. The second kappa shape index (κ2) is 6.17. The zero-order chi connectivity index (χ0) is 17.6. The maximum Gasteiger partial charge on any atom is 0.254 e. The lowest BCUT2D eigenvalue weighted by molar-refractivity contribution is -0.152. The summed E-state index contributed by atoms with van der Waals surface area (Å²) in [6.07, 6.45) is 8.22. The smallest absolute Gasteiger partial charge is 0.254 e. The molecule has 4 rings (SSSR count). The fourth-order valence-electron chi connectivity index (χ4n) is 5.21. The molecule has 2 fully saturated rings. The first-order valence-electron chi connectivity index (χ1n) is 9.51. The Morgan fingerprint density at radius 3 is 2.80 bits per heavy atom. The standard InChI is InChI=1S/C21H28N2O2/c1-4-25-19-14-18(21(19)11-5-6-12-21)23(3)20(24)16-8-7-9-17-15(16)10-13-22(17)2/h7-10,13,18-19H,4-6,11-12,14H2,1-3H3/t18-,19+/m1/s1. The van der Waals surface area contributed by atoms with E-state index in [0.29, 0.717) is 12.1 Å². The molecule has 0 N–H and O–H groups in total. The average molecular weight is 340 g/mol. The number of rotatable bonds is 4. The van der Waals surface area contributed by atoms with Crippen LogP contribution in [0.5, 0.6) is 0 Å². The summed E-state index contributed by atoms with van der Waals surface area (Å²) in [5.41, 5.74) is 2.11. The van der Waals surface area contributed by atoms with Crippen molar-refractivity contribution in [3.05, 3.63) is 36.0 Å². The highest BCUT2D eigenvalue weighted by Gasteiger charge is 2.58. The predicted molar refractivity (Wildman–Crippen MR) is 99.7 cm³/mol. The quantitative estimate of drug-likeness (QED) is 0.843. The van der Waals surface area contributed by atoms with Gasteiger partial charge >= 0.3 is 0 Å². The van der Waals surface area contributed by atoms with Gasteiger partial charge in [0.1, 0.15) is 0 Å². The molecule has 1 aromatic carbocycles. The topological polar surface area (TPSA) is 34.5 Å². The third-order valence-corrected chi connectivity index (χ3v) is 6.59. The van der Waals surface area contributed by atoms with Gasteiger partial charge in [0.2, 0.25) is 0 Å². The Kier molecular flexibility index (Phi) is 4.11. The number of benzene rings is 1. The molecule has 1 heterocycles. The molecule has 0 unspecified atom stereocenters. The first-order chi connectivity index (χ1) is 12.1. The number of aromatic nitrogens is 1. The normalized spacial score (nSPS) is 24.6. The van der Waals surface area contributed by atoms with E-state index in [2.05, 4.69) is 17.6 Å². The highest BCUT2D eigenvalue weighted by molar-refractivity contribution is 6.06. The molecule has 2 aliphatic carbocycles. The Morgan fingerprint density at radius 1 is 1.32 bits per heavy atom. The summed E-state index contributed by atoms with van der Waals surface area (Å²) in [4.78, 5) is 15.3. The van der Waals surface area contributed by atoms with Crippen molar-refractivity contribution in [1.82, 2.24) is 9.47 Å². The largest absolute Gasteiger partial charge is 0.378 e. The lowest BCUT2D eigenvalue weighted by Crippen LogP contribution is -2.64. The van der Waals surface area contributed by atoms with Crippen molar-refractivity contribution in [3.8, 4) is 0 Å². The number of fused-ring (bicyclic) bond motifs is 1. The summed E-state index contributed by atoms with van der Waals surface area (Å²) >= 11 is 0. The minimum atomic E-state index is 0.142. The van der Waals surface area contributed by atoms with Crippen molar-refractivity contribution >= 4 is 16.8 Å². The second-order valence-corrected chi connectivity index (χ2v) is 7.72. The van der Waals surface area contributed by atoms with E-state index in [9.17, 15) is 4.79 Å². The highest BCUT2D eigenvalue weighted by atomic mass is 16.5. The summed E-state index contributed by atoms with van der Waals surface area (Å²) in [6.45, 7) is 2.83. The van der Waals surface area contributed by atoms with E-state index in [4.69, 9.17) is 4.74 Å². The minimum absolute atomic E-state index is 0.142. The van der Waals surface area contributed by atoms with Gasteiger partial charge in [-0.05, 0) is 44.4 Å². The predicted octanol–water partition coefficient (Wildman–Crippen LogP) is 3.99. The van der Waals surface area contributed by atoms with Crippen molar-refractivity contribution in [1.29, 1.82) is 0 Å². The zero-order valence-electron chi connectivity index (χ0n) is 15.5. The van der Waals surface area contributed by atoms with E-state index >= 15 is 0 Å². The van der Waals surface area contributed by atoms with Crippen LogP contribution in [-0.2, 0) is 11.8 Å². The molecule has 1 amide bonds. The van der Waals surface area contributed by atoms with Crippen molar-refractivity contribution in [2.45, 2.75) is 51.2 Å². The number of ether oxygens (including phenoxy) is 1. The third kappa shape index (κ3) is 2.42. The molecule has 4 nitrogen and oxygen atoms in total. The summed E-state index contributed by atoms with van der Waals surface area (Å²) < 4.78 is 8.08. The molecule has 0 radical (unpaired) electrons. The van der Waals surface area contributed by atoms with Crippen LogP contribution < -0.4 is 0 Å². The highest BCUT2D eigenvalue weighted by Crippen LogP contribution is 2.56. The maximum absolute atomic E-state index is 13.3. The molecule has 1 spiro atoms. The lowest BCUT2D eigenvalue weighted by Gasteiger charge is -2.57. The lowest BCUT2D eigenvalue weighted by atomic mass is 9.60. The van der Waals surface area contributed by atoms with Gasteiger partial charge in [-0.3, -0.25) is 4.79 Å². The molecule has 25 heavy (non-hydrogen) atoms. The summed E-state index contributed by atoms with van der Waals surface area (Å²) in [7, 11) is 4.00. The number of hydrogen-bond donors (Lipinski definition) is 0. The second-order valence-electron chi connectivity index (χ2n) is 7.72. The zero-order valence-corrected chi connectivity index (χ0v) is 15.5. The number of carbonyl (C=O) groups is 1. The van der Waals surface area contributed by atoms with E-state index in [1.807, 2.05) is 43.4 Å². The summed E-state index contributed by atoms with van der Waals surface area (Å²) in [5.74, 6) is 0.142. The van der Waals surface area contributed by atoms with Crippen LogP contribution in [0, 0.1) is 5.41 Å². The van der Waals surface area contributed by atoms with Crippen LogP contribution in [0.4, 0.5) is 0 Å². The monoisotopic (exact) mass is 340 g/mol. The van der Waals surface area contributed by atoms with Gasteiger partial charge in [0, 0.05) is 54.8 Å². The number of amides is 1. The van der Waals surface area contributed by atoms with Gasteiger partial charge < -0.3 is 14.2 Å². The number of carbonyl (C=O) groups excluding carboxylic acids is 1. The van der Waals surface area contributed by atoms with E-state index in [-0.39, 0.29) is 11.3 Å². The Hall–Kier alpha value is -1.81. The van der Waals surface area contributed by atoms with Crippen molar-refractivity contribution in [3.63, 3.8) is 0 Å². The van der Waals surface area contributed by atoms with E-state index in [0.717, 1.165) is 29.5 Å². The molecule has 1 aromatic heterocycles. The van der Waals surface area contributed by atoms with Gasteiger partial charge in [-0.2, -0.15) is 0 Å². The molecule has 134 valence electrons. The Balaban J connectivity index is 1.62. The summed E-state index contributed by atoms with van der Waals surface area (Å²) in [5, 5.41) is 1.04. The van der Waals surface area contributed by atoms with Crippen LogP contribution in [-0.4, -0.2) is 41.2 Å². The molecule has 0 bridgehead atoms. The van der Waals surface area contributed by atoms with Crippen LogP contribution in [0.1, 0.15) is 49.4 Å². The van der Waals surface area contributed by atoms with E-state index < -0.39 is 0 Å².